The summed E-state index contributed by atoms with van der Waals surface area (Å²) < 4.78 is 57.0. The molecule has 5 heterocycles. The van der Waals surface area contributed by atoms with Crippen molar-refractivity contribution in [3.8, 4) is 17.2 Å². The van der Waals surface area contributed by atoms with Crippen molar-refractivity contribution in [2.24, 2.45) is 11.3 Å². The average Bonchev–Trinajstić information content (AvgIpc) is 3.93. The van der Waals surface area contributed by atoms with Crippen LogP contribution in [-0.2, 0) is 10.0 Å². The number of aliphatic hydroxyl groups is 1. The number of aromatic amines is 1. The number of rotatable bonds is 11. The number of aromatic nitrogens is 2. The molecular weight excluding hydrogens is 913 g/mol. The maximum Gasteiger partial charge on any atom is 0.297 e. The highest BCUT2D eigenvalue weighted by Crippen LogP contribution is 2.54. The van der Waals surface area contributed by atoms with Gasteiger partial charge in [-0.25, -0.2) is 22.5 Å². The molecule has 0 radical (unpaired) electrons. The topological polar surface area (TPSA) is 192 Å². The Balaban J connectivity index is 0.874. The number of pyridine rings is 1. The largest absolute Gasteiger partial charge is 0.489 e. The summed E-state index contributed by atoms with van der Waals surface area (Å²) in [5.41, 5.74) is 2.63. The zero-order valence-electron chi connectivity index (χ0n) is 38.4. The number of nitrogens with one attached hydrogen (secondary N) is 3. The summed E-state index contributed by atoms with van der Waals surface area (Å²) in [5.74, 6) is -1.28. The summed E-state index contributed by atoms with van der Waals surface area (Å²) in [7, 11) is -4.75. The van der Waals surface area contributed by atoms with E-state index in [2.05, 4.69) is 67.9 Å². The fourth-order valence-corrected chi connectivity index (χ4v) is 12.7. The third-order valence-electron chi connectivity index (χ3n) is 15.4. The number of anilines is 2. The van der Waals surface area contributed by atoms with Gasteiger partial charge < -0.3 is 29.8 Å². The van der Waals surface area contributed by atoms with E-state index in [0.717, 1.165) is 69.3 Å². The summed E-state index contributed by atoms with van der Waals surface area (Å²) in [6.45, 7) is 9.08. The third-order valence-corrected chi connectivity index (χ3v) is 17.0. The van der Waals surface area contributed by atoms with Crippen molar-refractivity contribution in [2.45, 2.75) is 120 Å². The molecule has 68 heavy (non-hydrogen) atoms. The molecule has 2 atom stereocenters. The maximum absolute atomic E-state index is 14.7. The van der Waals surface area contributed by atoms with Gasteiger partial charge in [-0.15, -0.1) is 0 Å². The molecule has 2 aliphatic carbocycles. The quantitative estimate of drug-likeness (QED) is 0.0557. The number of nitro benzene ring substituents is 1. The van der Waals surface area contributed by atoms with Crippen LogP contribution in [0.2, 0.25) is 5.15 Å². The van der Waals surface area contributed by atoms with Gasteiger partial charge >= 0.3 is 0 Å². The van der Waals surface area contributed by atoms with Crippen LogP contribution in [-0.4, -0.2) is 83.1 Å². The summed E-state index contributed by atoms with van der Waals surface area (Å²) in [6.07, 6.45) is 10.3. The van der Waals surface area contributed by atoms with Crippen molar-refractivity contribution in [1.82, 2.24) is 19.6 Å². The summed E-state index contributed by atoms with van der Waals surface area (Å²) in [6, 6.07) is 17.8. The first-order valence-electron chi connectivity index (χ1n) is 23.7. The molecule has 15 nitrogen and oxygen atoms in total. The van der Waals surface area contributed by atoms with Crippen LogP contribution < -0.4 is 24.4 Å². The number of hydrogen-bond acceptors (Lipinski definition) is 12. The van der Waals surface area contributed by atoms with Gasteiger partial charge in [0, 0.05) is 55.3 Å². The van der Waals surface area contributed by atoms with E-state index in [1.165, 1.54) is 36.1 Å². The average molecular weight is 971 g/mol. The standard InChI is InChI=1S/C50H57ClFN7O8S/c1-29(2)34-7-4-5-8-35(34)40-9-6-18-58(40)32-25-50(26-32)16-19-57(20-17-50)31-10-11-36(42(21-31)67-44-24-37-38(52)27-53-47(37)55-46(44)51)48(60)56-68(64,65)33-22-41(59(62)63)45-43(23-33)66-28-39(54-45)30-12-14-49(3,61)15-13-30/h4-5,7-8,10-11,21-24,27,29-30,32,39-40,54,61H,6,9,12-20,25-26,28H2,1-3H3,(H,53,55)(H,56,60)/t30-,39-,40+,49-/m1/s1. The number of amides is 1. The van der Waals surface area contributed by atoms with Gasteiger partial charge in [0.2, 0.25) is 0 Å². The lowest BCUT2D eigenvalue weighted by atomic mass is 9.59. The zero-order valence-corrected chi connectivity index (χ0v) is 40.0. The molecule has 10 rings (SSSR count). The van der Waals surface area contributed by atoms with E-state index >= 15 is 0 Å². The Hall–Kier alpha value is -5.49. The highest BCUT2D eigenvalue weighted by molar-refractivity contribution is 7.90. The monoisotopic (exact) mass is 969 g/mol. The maximum atomic E-state index is 14.7. The van der Waals surface area contributed by atoms with Crippen LogP contribution >= 0.6 is 11.6 Å². The van der Waals surface area contributed by atoms with E-state index in [9.17, 15) is 32.8 Å². The molecule has 1 spiro atoms. The summed E-state index contributed by atoms with van der Waals surface area (Å²) >= 11 is 6.54. The molecule has 4 fully saturated rings. The van der Waals surface area contributed by atoms with Gasteiger partial charge in [0.1, 0.15) is 23.8 Å². The molecule has 3 aromatic carbocycles. The predicted molar refractivity (Wildman–Crippen MR) is 257 cm³/mol. The zero-order chi connectivity index (χ0) is 47.7. The normalized spacial score (nSPS) is 24.0. The number of piperidine rings is 1. The van der Waals surface area contributed by atoms with Crippen LogP contribution in [0.3, 0.4) is 0 Å². The van der Waals surface area contributed by atoms with Crippen LogP contribution in [0, 0.1) is 27.3 Å². The fourth-order valence-electron chi connectivity index (χ4n) is 11.6. The van der Waals surface area contributed by atoms with Crippen molar-refractivity contribution >= 4 is 55.6 Å². The van der Waals surface area contributed by atoms with E-state index in [1.807, 2.05) is 0 Å². The van der Waals surface area contributed by atoms with Crippen molar-refractivity contribution in [3.05, 3.63) is 105 Å². The van der Waals surface area contributed by atoms with Gasteiger partial charge in [0.05, 0.1) is 32.4 Å². The number of hydrogen-bond donors (Lipinski definition) is 4. The van der Waals surface area contributed by atoms with Crippen molar-refractivity contribution in [2.75, 3.05) is 36.5 Å². The number of benzene rings is 3. The molecule has 1 amide bonds. The van der Waals surface area contributed by atoms with E-state index in [1.54, 1.807) is 19.1 Å². The van der Waals surface area contributed by atoms with Crippen LogP contribution in [0.1, 0.15) is 118 Å². The number of likely N-dealkylation sites (tertiary alicyclic amines) is 1. The number of H-pyrrole nitrogens is 1. The molecule has 3 aliphatic heterocycles. The summed E-state index contributed by atoms with van der Waals surface area (Å²) in [5, 5.41) is 26.0. The van der Waals surface area contributed by atoms with E-state index in [4.69, 9.17) is 21.1 Å². The van der Waals surface area contributed by atoms with Crippen LogP contribution in [0.25, 0.3) is 11.0 Å². The molecule has 4 N–H and O–H groups in total. The first-order chi connectivity index (χ1) is 32.5. The van der Waals surface area contributed by atoms with Gasteiger partial charge in [-0.3, -0.25) is 19.8 Å². The number of fused-ring (bicyclic) bond motifs is 2. The second kappa shape index (κ2) is 17.8. The molecular formula is C50H57ClFN7O8S. The molecule has 2 aromatic heterocycles. The number of halogens is 2. The third kappa shape index (κ3) is 8.86. The van der Waals surface area contributed by atoms with Gasteiger partial charge in [0.15, 0.2) is 22.3 Å². The van der Waals surface area contributed by atoms with Crippen LogP contribution in [0.4, 0.5) is 21.5 Å². The van der Waals surface area contributed by atoms with Crippen LogP contribution in [0.5, 0.6) is 17.2 Å². The first kappa shape index (κ1) is 46.2. The van der Waals surface area contributed by atoms with Crippen molar-refractivity contribution in [3.63, 3.8) is 0 Å². The lowest BCUT2D eigenvalue weighted by molar-refractivity contribution is -0.384. The Labute approximate surface area is 399 Å². The van der Waals surface area contributed by atoms with Gasteiger partial charge in [-0.05, 0) is 124 Å². The van der Waals surface area contributed by atoms with Gasteiger partial charge in [0.25, 0.3) is 21.6 Å². The molecule has 0 unspecified atom stereocenters. The second-order valence-electron chi connectivity index (χ2n) is 20.2. The molecule has 5 aliphatic rings. The number of nitrogens with zero attached hydrogens (tertiary/aromatic N) is 4. The molecule has 0 bridgehead atoms. The lowest BCUT2D eigenvalue weighted by Gasteiger charge is -2.56. The van der Waals surface area contributed by atoms with Crippen molar-refractivity contribution < 1.29 is 37.1 Å². The number of ether oxygens (including phenoxy) is 2. The Morgan fingerprint density at radius 2 is 1.79 bits per heavy atom. The summed E-state index contributed by atoms with van der Waals surface area (Å²) in [4.78, 5) is 37.2. The highest BCUT2D eigenvalue weighted by Gasteiger charge is 2.50. The minimum absolute atomic E-state index is 0.0395. The minimum Gasteiger partial charge on any atom is -0.489 e. The number of nitro groups is 1. The van der Waals surface area contributed by atoms with E-state index < -0.39 is 42.9 Å². The minimum atomic E-state index is -4.75. The molecule has 360 valence electrons. The lowest BCUT2D eigenvalue weighted by Crippen LogP contribution is -2.54. The van der Waals surface area contributed by atoms with Gasteiger partial charge in [-0.1, -0.05) is 49.7 Å². The van der Waals surface area contributed by atoms with Gasteiger partial charge in [-0.2, -0.15) is 0 Å². The molecule has 2 saturated carbocycles. The van der Waals surface area contributed by atoms with Crippen molar-refractivity contribution in [1.29, 1.82) is 0 Å². The number of carbonyl (C=O) groups is 1. The number of sulfonamides is 1. The predicted octanol–water partition coefficient (Wildman–Crippen LogP) is 10.00. The fraction of sp³-hybridized carbons (Fsp3) is 0.480. The Morgan fingerprint density at radius 3 is 2.53 bits per heavy atom. The molecule has 18 heteroatoms. The Morgan fingerprint density at radius 1 is 1.04 bits per heavy atom. The van der Waals surface area contributed by atoms with E-state index in [-0.39, 0.29) is 68.7 Å². The Bertz CT molecular complexity index is 2890. The second-order valence-corrected chi connectivity index (χ2v) is 22.3. The van der Waals surface area contributed by atoms with E-state index in [0.29, 0.717) is 43.7 Å². The highest BCUT2D eigenvalue weighted by atomic mass is 35.5. The molecule has 2 saturated heterocycles. The Kier molecular flexibility index (Phi) is 12.1. The van der Waals surface area contributed by atoms with Crippen LogP contribution in [0.15, 0.2) is 71.8 Å². The molecule has 5 aromatic rings. The smallest absolute Gasteiger partial charge is 0.297 e. The first-order valence-corrected chi connectivity index (χ1v) is 25.6. The number of carbonyl (C=O) groups excluding carboxylic acids is 1. The SMILES string of the molecule is CC(C)c1ccccc1[C@@H]1CCCN1C1CC2(CCN(c3ccc(C(=O)NS(=O)(=O)c4cc5c(c([N+](=O)[O-])c4)N[C@@H]([C@H]4CC[C@](C)(O)CC4)CO5)c(Oc4cc5c(F)c[nH]c5nc4Cl)c3)CC2)C1.